The van der Waals surface area contributed by atoms with E-state index in [1.807, 2.05) is 19.9 Å². The van der Waals surface area contributed by atoms with Crippen molar-refractivity contribution < 1.29 is 14.7 Å². The number of carboxylic acid groups (broad SMARTS) is 1. The monoisotopic (exact) mass is 289 g/mol. The first-order valence-corrected chi connectivity index (χ1v) is 6.65. The standard InChI is InChI=1S/C15H19N3O3/c1-11(2)8-18(10-15(20)21)9-14(19)17-13-5-3-4-12(6-13)7-16/h3-6,11H,8-10H2,1-2H3,(H,17,19)(H,20,21). The van der Waals surface area contributed by atoms with Gasteiger partial charge in [0.15, 0.2) is 0 Å². The molecule has 0 aliphatic carbocycles. The molecule has 112 valence electrons. The molecule has 1 aromatic carbocycles. The maximum atomic E-state index is 12.0. The number of nitrogens with one attached hydrogen (secondary N) is 1. The van der Waals surface area contributed by atoms with Crippen LogP contribution < -0.4 is 5.32 Å². The summed E-state index contributed by atoms with van der Waals surface area (Å²) in [4.78, 5) is 24.3. The molecule has 0 saturated heterocycles. The molecule has 6 nitrogen and oxygen atoms in total. The first kappa shape index (κ1) is 16.7. The predicted octanol–water partition coefficient (Wildman–Crippen LogP) is 1.54. The summed E-state index contributed by atoms with van der Waals surface area (Å²) >= 11 is 0. The first-order valence-electron chi connectivity index (χ1n) is 6.65. The molecule has 0 atom stereocenters. The van der Waals surface area contributed by atoms with Crippen molar-refractivity contribution in [2.75, 3.05) is 25.0 Å². The van der Waals surface area contributed by atoms with Crippen LogP contribution in [0.3, 0.4) is 0 Å². The zero-order valence-electron chi connectivity index (χ0n) is 12.2. The zero-order chi connectivity index (χ0) is 15.8. The van der Waals surface area contributed by atoms with Gasteiger partial charge in [-0.1, -0.05) is 19.9 Å². The van der Waals surface area contributed by atoms with E-state index in [1.54, 1.807) is 29.2 Å². The molecule has 0 radical (unpaired) electrons. The van der Waals surface area contributed by atoms with Crippen LogP contribution in [0.1, 0.15) is 19.4 Å². The van der Waals surface area contributed by atoms with Gasteiger partial charge in [0, 0.05) is 12.2 Å². The maximum Gasteiger partial charge on any atom is 0.317 e. The normalized spacial score (nSPS) is 10.4. The van der Waals surface area contributed by atoms with E-state index in [4.69, 9.17) is 10.4 Å². The SMILES string of the molecule is CC(C)CN(CC(=O)O)CC(=O)Nc1cccc(C#N)c1. The molecule has 0 aromatic heterocycles. The van der Waals surface area contributed by atoms with E-state index in [0.717, 1.165) is 0 Å². The number of nitriles is 1. The van der Waals surface area contributed by atoms with Crippen molar-refractivity contribution in [3.8, 4) is 6.07 Å². The molecule has 1 rings (SSSR count). The van der Waals surface area contributed by atoms with Crippen molar-refractivity contribution in [3.63, 3.8) is 0 Å². The van der Waals surface area contributed by atoms with Gasteiger partial charge >= 0.3 is 5.97 Å². The molecule has 0 fully saturated rings. The van der Waals surface area contributed by atoms with Gasteiger partial charge < -0.3 is 10.4 Å². The van der Waals surface area contributed by atoms with E-state index in [1.165, 1.54) is 0 Å². The number of anilines is 1. The van der Waals surface area contributed by atoms with Gasteiger partial charge in [0.25, 0.3) is 0 Å². The smallest absolute Gasteiger partial charge is 0.317 e. The summed E-state index contributed by atoms with van der Waals surface area (Å²) in [5.74, 6) is -0.999. The number of amides is 1. The van der Waals surface area contributed by atoms with Crippen molar-refractivity contribution in [2.45, 2.75) is 13.8 Å². The molecule has 6 heteroatoms. The van der Waals surface area contributed by atoms with E-state index in [9.17, 15) is 9.59 Å². The maximum absolute atomic E-state index is 12.0. The Morgan fingerprint density at radius 2 is 2.10 bits per heavy atom. The summed E-state index contributed by atoms with van der Waals surface area (Å²) in [6, 6.07) is 8.57. The number of carbonyl (C=O) groups is 2. The number of carboxylic acids is 1. The lowest BCUT2D eigenvalue weighted by Gasteiger charge is -2.21. The minimum absolute atomic E-state index is 0.00125. The molecular formula is C15H19N3O3. The Hall–Kier alpha value is -2.39. The van der Waals surface area contributed by atoms with Crippen LogP contribution in [-0.2, 0) is 9.59 Å². The Labute approximate surface area is 124 Å². The minimum Gasteiger partial charge on any atom is -0.480 e. The van der Waals surface area contributed by atoms with E-state index in [2.05, 4.69) is 5.32 Å². The van der Waals surface area contributed by atoms with E-state index in [-0.39, 0.29) is 24.9 Å². The Morgan fingerprint density at radius 1 is 1.38 bits per heavy atom. The van der Waals surface area contributed by atoms with Crippen molar-refractivity contribution in [3.05, 3.63) is 29.8 Å². The second-order valence-electron chi connectivity index (χ2n) is 5.20. The van der Waals surface area contributed by atoms with Gasteiger partial charge in [-0.2, -0.15) is 5.26 Å². The summed E-state index contributed by atoms with van der Waals surface area (Å²) < 4.78 is 0. The number of hydrogen-bond acceptors (Lipinski definition) is 4. The van der Waals surface area contributed by atoms with Crippen LogP contribution in [-0.4, -0.2) is 41.5 Å². The summed E-state index contributed by atoms with van der Waals surface area (Å²) in [7, 11) is 0. The summed E-state index contributed by atoms with van der Waals surface area (Å²) in [6.45, 7) is 4.27. The third-order valence-corrected chi connectivity index (χ3v) is 2.62. The highest BCUT2D eigenvalue weighted by molar-refractivity contribution is 5.92. The quantitative estimate of drug-likeness (QED) is 0.794. The average molecular weight is 289 g/mol. The Morgan fingerprint density at radius 3 is 2.67 bits per heavy atom. The molecule has 0 saturated carbocycles. The van der Waals surface area contributed by atoms with Gasteiger partial charge in [0.2, 0.25) is 5.91 Å². The van der Waals surface area contributed by atoms with E-state index in [0.29, 0.717) is 17.8 Å². The van der Waals surface area contributed by atoms with Crippen LogP contribution in [0.4, 0.5) is 5.69 Å². The van der Waals surface area contributed by atoms with Gasteiger partial charge in [-0.15, -0.1) is 0 Å². The Kier molecular flexibility index (Phi) is 6.37. The lowest BCUT2D eigenvalue weighted by molar-refractivity contribution is -0.138. The van der Waals surface area contributed by atoms with E-state index >= 15 is 0 Å². The van der Waals surface area contributed by atoms with Crippen molar-refractivity contribution in [1.29, 1.82) is 5.26 Å². The van der Waals surface area contributed by atoms with Gasteiger partial charge in [0.1, 0.15) is 0 Å². The summed E-state index contributed by atoms with van der Waals surface area (Å²) in [5.41, 5.74) is 0.983. The predicted molar refractivity (Wildman–Crippen MR) is 78.7 cm³/mol. The number of aliphatic carboxylic acids is 1. The Bertz CT molecular complexity index is 549. The molecule has 0 aliphatic rings. The molecule has 21 heavy (non-hydrogen) atoms. The van der Waals surface area contributed by atoms with Crippen molar-refractivity contribution in [1.82, 2.24) is 4.90 Å². The molecular weight excluding hydrogens is 270 g/mol. The highest BCUT2D eigenvalue weighted by Gasteiger charge is 2.15. The Balaban J connectivity index is 2.64. The molecule has 0 aliphatic heterocycles. The van der Waals surface area contributed by atoms with Gasteiger partial charge in [-0.05, 0) is 24.1 Å². The fourth-order valence-electron chi connectivity index (χ4n) is 1.96. The number of nitrogens with zero attached hydrogens (tertiary/aromatic N) is 2. The molecule has 0 heterocycles. The lowest BCUT2D eigenvalue weighted by Crippen LogP contribution is -2.39. The fourth-order valence-corrected chi connectivity index (χ4v) is 1.96. The molecule has 0 bridgehead atoms. The topological polar surface area (TPSA) is 93.4 Å². The molecule has 0 unspecified atom stereocenters. The first-order chi connectivity index (χ1) is 9.90. The summed E-state index contributed by atoms with van der Waals surface area (Å²) in [5, 5.41) is 20.3. The van der Waals surface area contributed by atoms with Crippen LogP contribution >= 0.6 is 0 Å². The molecule has 2 N–H and O–H groups in total. The van der Waals surface area contributed by atoms with Crippen LogP contribution in [0.2, 0.25) is 0 Å². The van der Waals surface area contributed by atoms with Crippen LogP contribution in [0.15, 0.2) is 24.3 Å². The third-order valence-electron chi connectivity index (χ3n) is 2.62. The second-order valence-corrected chi connectivity index (χ2v) is 5.20. The fraction of sp³-hybridized carbons (Fsp3) is 0.400. The second kappa shape index (κ2) is 8.02. The van der Waals surface area contributed by atoms with Crippen LogP contribution in [0, 0.1) is 17.2 Å². The van der Waals surface area contributed by atoms with Crippen molar-refractivity contribution >= 4 is 17.6 Å². The molecule has 1 aromatic rings. The minimum atomic E-state index is -0.963. The number of benzene rings is 1. The largest absolute Gasteiger partial charge is 0.480 e. The van der Waals surface area contributed by atoms with Gasteiger partial charge in [-0.3, -0.25) is 14.5 Å². The third kappa shape index (κ3) is 6.54. The van der Waals surface area contributed by atoms with Crippen molar-refractivity contribution in [2.24, 2.45) is 5.92 Å². The zero-order valence-corrected chi connectivity index (χ0v) is 12.2. The highest BCUT2D eigenvalue weighted by atomic mass is 16.4. The van der Waals surface area contributed by atoms with Crippen LogP contribution in [0.25, 0.3) is 0 Å². The van der Waals surface area contributed by atoms with Gasteiger partial charge in [-0.25, -0.2) is 0 Å². The number of rotatable bonds is 7. The van der Waals surface area contributed by atoms with Gasteiger partial charge in [0.05, 0.1) is 24.7 Å². The highest BCUT2D eigenvalue weighted by Crippen LogP contribution is 2.10. The average Bonchev–Trinajstić information content (AvgIpc) is 2.37. The molecule has 0 spiro atoms. The van der Waals surface area contributed by atoms with Crippen LogP contribution in [0.5, 0.6) is 0 Å². The molecule has 1 amide bonds. The summed E-state index contributed by atoms with van der Waals surface area (Å²) in [6.07, 6.45) is 0. The lowest BCUT2D eigenvalue weighted by atomic mass is 10.2. The number of hydrogen-bond donors (Lipinski definition) is 2. The van der Waals surface area contributed by atoms with E-state index < -0.39 is 5.97 Å². The number of carbonyl (C=O) groups excluding carboxylic acids is 1.